The summed E-state index contributed by atoms with van der Waals surface area (Å²) in [4.78, 5) is 32.5. The Labute approximate surface area is 278 Å². The lowest BCUT2D eigenvalue weighted by Crippen LogP contribution is -2.51. The number of halogens is 2. The highest BCUT2D eigenvalue weighted by Crippen LogP contribution is 2.41. The molecular formula is C37H46Cl2N4O2. The van der Waals surface area contributed by atoms with E-state index in [2.05, 4.69) is 46.6 Å². The standard InChI is InChI=1S/C37H46Cl2N4O2/c1-3-41(2)35(45)40-27-36(30-14-8-5-9-15-30)20-24-42(25-21-36)22-10-18-37(31-16-17-32(38)33(39)26-31)19-11-23-43(28-37)34(44)29-12-6-4-7-13-29/h4-9,12-17,26H,3,10-11,18-25,27-28H2,1-2H3,(H,40,45). The van der Waals surface area contributed by atoms with Crippen LogP contribution in [0, 0.1) is 0 Å². The van der Waals surface area contributed by atoms with Gasteiger partial charge in [-0.3, -0.25) is 4.79 Å². The monoisotopic (exact) mass is 648 g/mol. The van der Waals surface area contributed by atoms with Crippen molar-refractivity contribution in [3.05, 3.63) is 106 Å². The molecule has 0 spiro atoms. The average molecular weight is 650 g/mol. The summed E-state index contributed by atoms with van der Waals surface area (Å²) >= 11 is 12.9. The van der Waals surface area contributed by atoms with Crippen LogP contribution in [0.4, 0.5) is 4.79 Å². The van der Waals surface area contributed by atoms with E-state index in [1.807, 2.05) is 61.3 Å². The molecule has 1 atom stereocenters. The van der Waals surface area contributed by atoms with Gasteiger partial charge in [0.15, 0.2) is 0 Å². The Balaban J connectivity index is 1.27. The minimum absolute atomic E-state index is 0.0184. The molecule has 6 nitrogen and oxygen atoms in total. The van der Waals surface area contributed by atoms with E-state index >= 15 is 0 Å². The molecule has 45 heavy (non-hydrogen) atoms. The van der Waals surface area contributed by atoms with Crippen LogP contribution in [0.2, 0.25) is 10.0 Å². The summed E-state index contributed by atoms with van der Waals surface area (Å²) in [6.07, 6.45) is 5.91. The second kappa shape index (κ2) is 15.0. The second-order valence-electron chi connectivity index (χ2n) is 12.9. The quantitative estimate of drug-likeness (QED) is 0.246. The fourth-order valence-electron chi connectivity index (χ4n) is 7.21. The number of hydrogen-bond acceptors (Lipinski definition) is 3. The van der Waals surface area contributed by atoms with E-state index < -0.39 is 0 Å². The molecule has 0 radical (unpaired) electrons. The zero-order valence-corrected chi connectivity index (χ0v) is 28.1. The molecule has 2 saturated heterocycles. The van der Waals surface area contributed by atoms with Crippen molar-refractivity contribution in [1.82, 2.24) is 20.0 Å². The Morgan fingerprint density at radius 2 is 1.53 bits per heavy atom. The number of benzene rings is 3. The summed E-state index contributed by atoms with van der Waals surface area (Å²) in [6.45, 7) is 7.68. The van der Waals surface area contributed by atoms with Crippen LogP contribution in [-0.2, 0) is 10.8 Å². The predicted octanol–water partition coefficient (Wildman–Crippen LogP) is 7.64. The predicted molar refractivity (Wildman–Crippen MR) is 184 cm³/mol. The Kier molecular flexibility index (Phi) is 11.1. The van der Waals surface area contributed by atoms with Gasteiger partial charge in [0.2, 0.25) is 0 Å². The van der Waals surface area contributed by atoms with Gasteiger partial charge in [0.25, 0.3) is 5.91 Å². The molecular weight excluding hydrogens is 603 g/mol. The van der Waals surface area contributed by atoms with E-state index in [0.717, 1.165) is 75.8 Å². The van der Waals surface area contributed by atoms with E-state index in [-0.39, 0.29) is 22.8 Å². The molecule has 5 rings (SSSR count). The third-order valence-electron chi connectivity index (χ3n) is 10.1. The van der Waals surface area contributed by atoms with Crippen molar-refractivity contribution in [1.29, 1.82) is 0 Å². The summed E-state index contributed by atoms with van der Waals surface area (Å²) < 4.78 is 0. The largest absolute Gasteiger partial charge is 0.338 e. The number of urea groups is 1. The van der Waals surface area contributed by atoms with Crippen LogP contribution in [0.3, 0.4) is 0 Å². The number of hydrogen-bond donors (Lipinski definition) is 1. The van der Waals surface area contributed by atoms with Gasteiger partial charge in [-0.15, -0.1) is 0 Å². The molecule has 3 aromatic rings. The topological polar surface area (TPSA) is 55.9 Å². The maximum absolute atomic E-state index is 13.5. The molecule has 2 aliphatic heterocycles. The van der Waals surface area contributed by atoms with Gasteiger partial charge < -0.3 is 20.0 Å². The van der Waals surface area contributed by atoms with Crippen LogP contribution < -0.4 is 5.32 Å². The van der Waals surface area contributed by atoms with Gasteiger partial charge in [-0.1, -0.05) is 77.8 Å². The molecule has 3 aromatic carbocycles. The van der Waals surface area contributed by atoms with Gasteiger partial charge in [0, 0.05) is 49.6 Å². The summed E-state index contributed by atoms with van der Waals surface area (Å²) in [5.74, 6) is 0.0882. The average Bonchev–Trinajstić information content (AvgIpc) is 3.09. The van der Waals surface area contributed by atoms with Crippen LogP contribution in [0.15, 0.2) is 78.9 Å². The minimum atomic E-state index is -0.184. The van der Waals surface area contributed by atoms with Gasteiger partial charge in [-0.25, -0.2) is 4.79 Å². The molecule has 2 heterocycles. The first kappa shape index (κ1) is 33.3. The first-order chi connectivity index (χ1) is 21.7. The Bertz CT molecular complexity index is 1430. The number of carbonyl (C=O) groups excluding carboxylic acids is 2. The van der Waals surface area contributed by atoms with Gasteiger partial charge in [0.1, 0.15) is 0 Å². The van der Waals surface area contributed by atoms with Crippen LogP contribution in [0.25, 0.3) is 0 Å². The number of carbonyl (C=O) groups is 2. The van der Waals surface area contributed by atoms with Crippen molar-refractivity contribution in [2.45, 2.75) is 56.3 Å². The Hall–Kier alpha value is -3.06. The van der Waals surface area contributed by atoms with Gasteiger partial charge in [-0.05, 0) is 100 Å². The molecule has 2 fully saturated rings. The van der Waals surface area contributed by atoms with Gasteiger partial charge in [-0.2, -0.15) is 0 Å². The molecule has 0 saturated carbocycles. The minimum Gasteiger partial charge on any atom is -0.338 e. The lowest BCUT2D eigenvalue weighted by molar-refractivity contribution is 0.0617. The molecule has 1 N–H and O–H groups in total. The highest BCUT2D eigenvalue weighted by Gasteiger charge is 2.40. The highest BCUT2D eigenvalue weighted by molar-refractivity contribution is 6.42. The van der Waals surface area contributed by atoms with Crippen molar-refractivity contribution in [2.75, 3.05) is 52.9 Å². The SMILES string of the molecule is CCN(C)C(=O)NCC1(c2ccccc2)CCN(CCCC2(c3ccc(Cl)c(Cl)c3)CCCN(C(=O)c3ccccc3)C2)CC1. The summed E-state index contributed by atoms with van der Waals surface area (Å²) in [5, 5.41) is 4.33. The molecule has 8 heteroatoms. The lowest BCUT2D eigenvalue weighted by atomic mass is 9.70. The Morgan fingerprint density at radius 1 is 0.844 bits per heavy atom. The van der Waals surface area contributed by atoms with E-state index in [9.17, 15) is 9.59 Å². The van der Waals surface area contributed by atoms with E-state index in [1.54, 1.807) is 4.90 Å². The molecule has 0 aromatic heterocycles. The maximum Gasteiger partial charge on any atom is 0.317 e. The normalized spacial score (nSPS) is 20.0. The number of piperidine rings is 2. The van der Waals surface area contributed by atoms with Crippen LogP contribution >= 0.6 is 23.2 Å². The Morgan fingerprint density at radius 3 is 2.20 bits per heavy atom. The van der Waals surface area contributed by atoms with E-state index in [4.69, 9.17) is 23.2 Å². The van der Waals surface area contributed by atoms with Crippen LogP contribution in [-0.4, -0.2) is 79.5 Å². The molecule has 1 unspecified atom stereocenters. The fraction of sp³-hybridized carbons (Fsp3) is 0.459. The first-order valence-corrected chi connectivity index (χ1v) is 17.1. The third kappa shape index (κ3) is 7.85. The summed E-state index contributed by atoms with van der Waals surface area (Å²) in [7, 11) is 1.83. The maximum atomic E-state index is 13.5. The number of nitrogens with one attached hydrogen (secondary N) is 1. The zero-order valence-electron chi connectivity index (χ0n) is 26.6. The summed E-state index contributed by atoms with van der Waals surface area (Å²) in [5.41, 5.74) is 2.93. The van der Waals surface area contributed by atoms with E-state index in [1.165, 1.54) is 5.56 Å². The van der Waals surface area contributed by atoms with Gasteiger partial charge >= 0.3 is 6.03 Å². The zero-order chi connectivity index (χ0) is 31.9. The third-order valence-corrected chi connectivity index (χ3v) is 10.9. The molecule has 0 aliphatic carbocycles. The number of amides is 3. The second-order valence-corrected chi connectivity index (χ2v) is 13.7. The number of likely N-dealkylation sites (tertiary alicyclic amines) is 2. The van der Waals surface area contributed by atoms with Crippen LogP contribution in [0.1, 0.15) is 66.9 Å². The van der Waals surface area contributed by atoms with Crippen molar-refractivity contribution in [3.8, 4) is 0 Å². The van der Waals surface area contributed by atoms with Crippen molar-refractivity contribution in [2.24, 2.45) is 0 Å². The van der Waals surface area contributed by atoms with Gasteiger partial charge in [0.05, 0.1) is 10.0 Å². The number of rotatable bonds is 10. The fourth-order valence-corrected chi connectivity index (χ4v) is 7.50. The summed E-state index contributed by atoms with van der Waals surface area (Å²) in [6, 6.07) is 26.2. The van der Waals surface area contributed by atoms with E-state index in [0.29, 0.717) is 29.7 Å². The van der Waals surface area contributed by atoms with Crippen molar-refractivity contribution < 1.29 is 9.59 Å². The molecule has 0 bridgehead atoms. The highest BCUT2D eigenvalue weighted by atomic mass is 35.5. The molecule has 3 amide bonds. The molecule has 240 valence electrons. The first-order valence-electron chi connectivity index (χ1n) is 16.3. The molecule has 2 aliphatic rings. The lowest BCUT2D eigenvalue weighted by Gasteiger charge is -2.45. The van der Waals surface area contributed by atoms with Crippen LogP contribution in [0.5, 0.6) is 0 Å². The van der Waals surface area contributed by atoms with Crippen molar-refractivity contribution >= 4 is 35.1 Å². The number of nitrogens with zero attached hydrogens (tertiary/aromatic N) is 3. The smallest absolute Gasteiger partial charge is 0.317 e. The van der Waals surface area contributed by atoms with Crippen molar-refractivity contribution in [3.63, 3.8) is 0 Å².